The standard InChI is InChI=1S/C23H18ClNO5S/c1-28-19-12-11-16(14-18(19)24)25-23-21(31(26,27)17-8-4-3-5-9-17)13-15-7-6-10-20(29-2)22(15)30-23/h3-14H,1-2H3. The Balaban J connectivity index is 2.04. The van der Waals surface area contributed by atoms with Gasteiger partial charge in [0.25, 0.3) is 0 Å². The molecule has 3 aromatic carbocycles. The first-order chi connectivity index (χ1) is 14.9. The van der Waals surface area contributed by atoms with Crippen molar-refractivity contribution >= 4 is 38.1 Å². The van der Waals surface area contributed by atoms with E-state index >= 15 is 0 Å². The van der Waals surface area contributed by atoms with Crippen LogP contribution in [0.4, 0.5) is 5.69 Å². The van der Waals surface area contributed by atoms with Crippen LogP contribution in [0.15, 0.2) is 92.0 Å². The average molecular weight is 456 g/mol. The van der Waals surface area contributed by atoms with E-state index in [0.29, 0.717) is 33.2 Å². The molecular formula is C23H18ClNO5S. The van der Waals surface area contributed by atoms with E-state index in [2.05, 4.69) is 4.99 Å². The Labute approximate surface area is 184 Å². The van der Waals surface area contributed by atoms with E-state index in [0.717, 1.165) is 0 Å². The van der Waals surface area contributed by atoms with E-state index in [9.17, 15) is 8.42 Å². The van der Waals surface area contributed by atoms with E-state index < -0.39 is 9.84 Å². The largest absolute Gasteiger partial charge is 0.495 e. The summed E-state index contributed by atoms with van der Waals surface area (Å²) >= 11 is 6.21. The summed E-state index contributed by atoms with van der Waals surface area (Å²) in [7, 11) is -0.889. The number of sulfone groups is 1. The first kappa shape index (κ1) is 21.0. The monoisotopic (exact) mass is 455 g/mol. The summed E-state index contributed by atoms with van der Waals surface area (Å²) in [6.07, 6.45) is 0. The van der Waals surface area contributed by atoms with E-state index in [-0.39, 0.29) is 15.3 Å². The molecule has 158 valence electrons. The lowest BCUT2D eigenvalue weighted by molar-refractivity contribution is 0.404. The van der Waals surface area contributed by atoms with E-state index in [1.807, 2.05) is 0 Å². The molecule has 0 saturated heterocycles. The van der Waals surface area contributed by atoms with Crippen LogP contribution in [-0.2, 0) is 9.84 Å². The predicted molar refractivity (Wildman–Crippen MR) is 118 cm³/mol. The molecule has 0 saturated carbocycles. The van der Waals surface area contributed by atoms with Gasteiger partial charge in [0.2, 0.25) is 15.4 Å². The topological polar surface area (TPSA) is 78.1 Å². The molecule has 0 bridgehead atoms. The molecule has 0 spiro atoms. The number of para-hydroxylation sites is 1. The molecule has 4 rings (SSSR count). The van der Waals surface area contributed by atoms with Crippen LogP contribution in [0.5, 0.6) is 11.5 Å². The van der Waals surface area contributed by atoms with Crippen molar-refractivity contribution in [2.24, 2.45) is 4.99 Å². The third kappa shape index (κ3) is 4.02. The fourth-order valence-electron chi connectivity index (χ4n) is 3.11. The number of halogens is 1. The molecular weight excluding hydrogens is 438 g/mol. The predicted octanol–water partition coefficient (Wildman–Crippen LogP) is 5.17. The number of fused-ring (bicyclic) bond motifs is 1. The molecule has 1 aromatic heterocycles. The fourth-order valence-corrected chi connectivity index (χ4v) is 4.73. The summed E-state index contributed by atoms with van der Waals surface area (Å²) in [5.74, 6) is 0.945. The van der Waals surface area contributed by atoms with Gasteiger partial charge in [-0.2, -0.15) is 0 Å². The number of rotatable bonds is 5. The summed E-state index contributed by atoms with van der Waals surface area (Å²) in [5, 5.41) is 0.912. The lowest BCUT2D eigenvalue weighted by atomic mass is 10.2. The van der Waals surface area contributed by atoms with Gasteiger partial charge < -0.3 is 13.9 Å². The van der Waals surface area contributed by atoms with Crippen molar-refractivity contribution in [2.75, 3.05) is 14.2 Å². The van der Waals surface area contributed by atoms with Gasteiger partial charge in [-0.05, 0) is 42.5 Å². The zero-order valence-corrected chi connectivity index (χ0v) is 18.3. The molecule has 31 heavy (non-hydrogen) atoms. The molecule has 4 aromatic rings. The highest BCUT2D eigenvalue weighted by atomic mass is 35.5. The van der Waals surface area contributed by atoms with E-state index in [1.165, 1.54) is 32.4 Å². The van der Waals surface area contributed by atoms with Crippen molar-refractivity contribution in [1.82, 2.24) is 0 Å². The highest BCUT2D eigenvalue weighted by molar-refractivity contribution is 7.91. The van der Waals surface area contributed by atoms with Crippen LogP contribution in [0, 0.1) is 0 Å². The van der Waals surface area contributed by atoms with Crippen molar-refractivity contribution in [3.05, 3.63) is 83.4 Å². The second-order valence-electron chi connectivity index (χ2n) is 6.54. The molecule has 0 aliphatic carbocycles. The van der Waals surface area contributed by atoms with Gasteiger partial charge in [0.15, 0.2) is 11.3 Å². The molecule has 0 N–H and O–H groups in total. The Bertz CT molecular complexity index is 1430. The lowest BCUT2D eigenvalue weighted by Gasteiger charge is -2.09. The van der Waals surface area contributed by atoms with Crippen LogP contribution in [0.1, 0.15) is 0 Å². The first-order valence-corrected chi connectivity index (χ1v) is 11.1. The highest BCUT2D eigenvalue weighted by Crippen LogP contribution is 2.30. The third-order valence-electron chi connectivity index (χ3n) is 4.63. The van der Waals surface area contributed by atoms with Crippen molar-refractivity contribution in [3.63, 3.8) is 0 Å². The normalized spacial score (nSPS) is 12.2. The van der Waals surface area contributed by atoms with Crippen LogP contribution >= 0.6 is 11.6 Å². The third-order valence-corrected chi connectivity index (χ3v) is 6.69. The van der Waals surface area contributed by atoms with Crippen LogP contribution in [0.2, 0.25) is 5.02 Å². The quantitative estimate of drug-likeness (QED) is 0.415. The van der Waals surface area contributed by atoms with Gasteiger partial charge >= 0.3 is 0 Å². The second-order valence-corrected chi connectivity index (χ2v) is 8.87. The molecule has 0 unspecified atom stereocenters. The van der Waals surface area contributed by atoms with Gasteiger partial charge in [-0.1, -0.05) is 41.9 Å². The van der Waals surface area contributed by atoms with Crippen LogP contribution in [0.3, 0.4) is 0 Å². The van der Waals surface area contributed by atoms with E-state index in [4.69, 9.17) is 25.5 Å². The Morgan fingerprint density at radius 2 is 1.61 bits per heavy atom. The summed E-state index contributed by atoms with van der Waals surface area (Å²) < 4.78 is 43.3. The summed E-state index contributed by atoms with van der Waals surface area (Å²) in [4.78, 5) is 4.53. The molecule has 6 nitrogen and oxygen atoms in total. The second kappa shape index (κ2) is 8.45. The molecule has 0 aliphatic rings. The molecule has 0 fully saturated rings. The maximum absolute atomic E-state index is 13.4. The van der Waals surface area contributed by atoms with Crippen molar-refractivity contribution in [1.29, 1.82) is 0 Å². The Morgan fingerprint density at radius 1 is 0.871 bits per heavy atom. The maximum atomic E-state index is 13.4. The van der Waals surface area contributed by atoms with Crippen molar-refractivity contribution < 1.29 is 22.3 Å². The minimum absolute atomic E-state index is 0.0635. The van der Waals surface area contributed by atoms with Gasteiger partial charge in [-0.25, -0.2) is 13.4 Å². The number of benzene rings is 3. The Morgan fingerprint density at radius 3 is 2.29 bits per heavy atom. The number of methoxy groups -OCH3 is 2. The number of hydrogen-bond donors (Lipinski definition) is 0. The van der Waals surface area contributed by atoms with Crippen LogP contribution in [0.25, 0.3) is 11.0 Å². The molecule has 0 aliphatic heterocycles. The minimum atomic E-state index is -3.91. The summed E-state index contributed by atoms with van der Waals surface area (Å²) in [5.41, 5.74) is 0.714. The molecule has 8 heteroatoms. The fraction of sp³-hybridized carbons (Fsp3) is 0.0870. The van der Waals surface area contributed by atoms with Crippen LogP contribution < -0.4 is 15.0 Å². The van der Waals surface area contributed by atoms with Gasteiger partial charge in [0.05, 0.1) is 29.8 Å². The number of ether oxygens (including phenoxy) is 2. The minimum Gasteiger partial charge on any atom is -0.495 e. The summed E-state index contributed by atoms with van der Waals surface area (Å²) in [6.45, 7) is 0. The zero-order chi connectivity index (χ0) is 22.0. The van der Waals surface area contributed by atoms with Gasteiger partial charge in [0.1, 0.15) is 10.6 Å². The molecule has 0 amide bonds. The highest BCUT2D eigenvalue weighted by Gasteiger charge is 2.23. The van der Waals surface area contributed by atoms with Crippen molar-refractivity contribution in [2.45, 2.75) is 9.79 Å². The smallest absolute Gasteiger partial charge is 0.239 e. The van der Waals surface area contributed by atoms with Gasteiger partial charge in [0, 0.05) is 5.39 Å². The first-order valence-electron chi connectivity index (χ1n) is 9.23. The Hall–Kier alpha value is -3.29. The number of hydrogen-bond acceptors (Lipinski definition) is 6. The molecule has 0 radical (unpaired) electrons. The number of nitrogens with zero attached hydrogens (tertiary/aromatic N) is 1. The Kier molecular flexibility index (Phi) is 5.71. The van der Waals surface area contributed by atoms with Crippen LogP contribution in [-0.4, -0.2) is 22.6 Å². The van der Waals surface area contributed by atoms with Gasteiger partial charge in [-0.3, -0.25) is 0 Å². The maximum Gasteiger partial charge on any atom is 0.239 e. The lowest BCUT2D eigenvalue weighted by Crippen LogP contribution is -2.16. The average Bonchev–Trinajstić information content (AvgIpc) is 2.79. The SMILES string of the molecule is COc1ccc(N=c2oc3c(OC)cccc3cc2S(=O)(=O)c2ccccc2)cc1Cl. The summed E-state index contributed by atoms with van der Waals surface area (Å²) in [6, 6.07) is 19.8. The van der Waals surface area contributed by atoms with Crippen molar-refractivity contribution in [3.8, 4) is 11.5 Å². The molecule has 0 atom stereocenters. The zero-order valence-electron chi connectivity index (χ0n) is 16.7. The van der Waals surface area contributed by atoms with Gasteiger partial charge in [-0.15, -0.1) is 0 Å². The van der Waals surface area contributed by atoms with E-state index in [1.54, 1.807) is 54.6 Å². The molecule has 1 heterocycles.